The number of hydrogen-bond acceptors (Lipinski definition) is 5. The Hall–Kier alpha value is -8.26. The van der Waals surface area contributed by atoms with Crippen molar-refractivity contribution in [2.24, 2.45) is 0 Å². The highest BCUT2D eigenvalue weighted by Gasteiger charge is 2.41. The second-order valence-electron chi connectivity index (χ2n) is 15.8. The van der Waals surface area contributed by atoms with E-state index in [2.05, 4.69) is 204 Å². The van der Waals surface area contributed by atoms with E-state index in [1.54, 1.807) is 6.20 Å². The molecule has 7 heteroatoms. The van der Waals surface area contributed by atoms with Crippen LogP contribution in [0.25, 0.3) is 83.6 Å². The lowest BCUT2D eigenvalue weighted by Crippen LogP contribution is -2.74. The van der Waals surface area contributed by atoms with E-state index in [0.717, 1.165) is 66.0 Å². The van der Waals surface area contributed by atoms with Gasteiger partial charge in [0.1, 0.15) is 5.58 Å². The summed E-state index contributed by atoms with van der Waals surface area (Å²) < 4.78 is 8.40. The van der Waals surface area contributed by atoms with Crippen LogP contribution in [0.2, 0.25) is 0 Å². The predicted octanol–water partition coefficient (Wildman–Crippen LogP) is 10.6. The van der Waals surface area contributed by atoms with Crippen LogP contribution in [0.5, 0.6) is 0 Å². The fourth-order valence-electron chi connectivity index (χ4n) is 9.52. The van der Waals surface area contributed by atoms with Gasteiger partial charge in [0.2, 0.25) is 5.95 Å². The predicted molar refractivity (Wildman–Crippen MR) is 259 cm³/mol. The minimum absolute atomic E-state index is 0.549. The first-order valence-corrected chi connectivity index (χ1v) is 23.1. The lowest BCUT2D eigenvalue weighted by molar-refractivity contribution is 0.667. The third kappa shape index (κ3) is 6.01. The summed E-state index contributed by atoms with van der Waals surface area (Å²) in [6, 6.07) is 75.3. The number of benzene rings is 8. The Balaban J connectivity index is 1.06. The maximum atomic E-state index is 6.23. The highest BCUT2D eigenvalue weighted by atomic mass is 28.3. The number of furan rings is 1. The van der Waals surface area contributed by atoms with Crippen molar-refractivity contribution in [3.8, 4) is 39.9 Å². The van der Waals surface area contributed by atoms with Gasteiger partial charge in [0.05, 0.1) is 17.2 Å². The third-order valence-electron chi connectivity index (χ3n) is 12.3. The molecule has 12 aromatic rings. The first-order chi connectivity index (χ1) is 31.2. The van der Waals surface area contributed by atoms with Crippen molar-refractivity contribution >= 4 is 72.6 Å². The van der Waals surface area contributed by atoms with Gasteiger partial charge in [-0.05, 0) is 50.6 Å². The summed E-state index contributed by atoms with van der Waals surface area (Å²) in [7, 11) is -2.74. The Bertz CT molecular complexity index is 3470. The quantitative estimate of drug-likeness (QED) is 0.113. The summed E-state index contributed by atoms with van der Waals surface area (Å²) in [5.74, 6) is 1.71. The second kappa shape index (κ2) is 15.0. The second-order valence-corrected chi connectivity index (χ2v) is 19.6. The number of hydrogen-bond donors (Lipinski definition) is 0. The van der Waals surface area contributed by atoms with Gasteiger partial charge in [-0.25, -0.2) is 4.98 Å². The molecule has 0 atom stereocenters. The van der Waals surface area contributed by atoms with Crippen LogP contribution >= 0.6 is 0 Å². The minimum Gasteiger partial charge on any atom is -0.454 e. The van der Waals surface area contributed by atoms with E-state index in [-0.39, 0.29) is 0 Å². The standard InChI is InChI=1S/C56H37N5OSi/c1-4-19-41(20-5-1)63(42-21-6-2-7-22-42,43-23-8-3-9-24-43)44-33-31-38(32-34-44)54-58-55(60-56(59-54)61-49-28-13-10-25-45(49)46-26-11-14-29-50(46)61)40-18-16-17-39(35-40)48-36-57-37-52-53(48)47-27-12-15-30-51(47)62-52/h1-37H. The summed E-state index contributed by atoms with van der Waals surface area (Å²) in [4.78, 5) is 20.5. The third-order valence-corrected chi connectivity index (χ3v) is 17.1. The molecule has 8 aromatic carbocycles. The van der Waals surface area contributed by atoms with Gasteiger partial charge in [-0.2, -0.15) is 9.97 Å². The average molecular weight is 824 g/mol. The zero-order valence-electron chi connectivity index (χ0n) is 34.0. The molecule has 0 aliphatic carbocycles. The lowest BCUT2D eigenvalue weighted by atomic mass is 9.99. The molecule has 4 aromatic heterocycles. The summed E-state index contributed by atoms with van der Waals surface area (Å²) in [6.45, 7) is 0. The van der Waals surface area contributed by atoms with Crippen molar-refractivity contribution in [3.05, 3.63) is 225 Å². The molecule has 0 amide bonds. The van der Waals surface area contributed by atoms with E-state index in [1.165, 1.54) is 20.7 Å². The van der Waals surface area contributed by atoms with E-state index in [9.17, 15) is 0 Å². The van der Waals surface area contributed by atoms with Gasteiger partial charge < -0.3 is 4.42 Å². The molecule has 0 saturated heterocycles. The molecule has 296 valence electrons. The summed E-state index contributed by atoms with van der Waals surface area (Å²) in [6.07, 6.45) is 3.70. The zero-order chi connectivity index (χ0) is 41.7. The van der Waals surface area contributed by atoms with Crippen molar-refractivity contribution in [2.75, 3.05) is 0 Å². The topological polar surface area (TPSA) is 69.6 Å². The maximum Gasteiger partial charge on any atom is 0.238 e. The molecule has 0 spiro atoms. The van der Waals surface area contributed by atoms with Crippen LogP contribution < -0.4 is 20.7 Å². The molecule has 0 aliphatic heterocycles. The van der Waals surface area contributed by atoms with E-state index in [4.69, 9.17) is 19.4 Å². The Morgan fingerprint density at radius 1 is 0.381 bits per heavy atom. The molecule has 12 rings (SSSR count). The Morgan fingerprint density at radius 3 is 1.51 bits per heavy atom. The number of pyridine rings is 1. The van der Waals surface area contributed by atoms with Gasteiger partial charge in [0.25, 0.3) is 0 Å². The van der Waals surface area contributed by atoms with Crippen molar-refractivity contribution in [1.82, 2.24) is 24.5 Å². The molecular weight excluding hydrogens is 787 g/mol. The molecule has 6 nitrogen and oxygen atoms in total. The van der Waals surface area contributed by atoms with Crippen molar-refractivity contribution < 1.29 is 4.42 Å². The van der Waals surface area contributed by atoms with Crippen LogP contribution in [-0.2, 0) is 0 Å². The monoisotopic (exact) mass is 823 g/mol. The summed E-state index contributed by atoms with van der Waals surface area (Å²) in [5.41, 5.74) is 7.37. The smallest absolute Gasteiger partial charge is 0.238 e. The van der Waals surface area contributed by atoms with E-state index in [1.807, 2.05) is 24.4 Å². The number of para-hydroxylation sites is 3. The van der Waals surface area contributed by atoms with Crippen LogP contribution in [0.4, 0.5) is 0 Å². The maximum absolute atomic E-state index is 6.23. The van der Waals surface area contributed by atoms with Crippen molar-refractivity contribution in [1.29, 1.82) is 0 Å². The Morgan fingerprint density at radius 2 is 0.889 bits per heavy atom. The molecule has 0 radical (unpaired) electrons. The van der Waals surface area contributed by atoms with Crippen molar-refractivity contribution in [3.63, 3.8) is 0 Å². The van der Waals surface area contributed by atoms with Crippen LogP contribution in [-0.4, -0.2) is 32.6 Å². The minimum atomic E-state index is -2.74. The Kier molecular flexibility index (Phi) is 8.72. The largest absolute Gasteiger partial charge is 0.454 e. The van der Waals surface area contributed by atoms with Gasteiger partial charge in [0.15, 0.2) is 25.3 Å². The molecule has 0 bridgehead atoms. The summed E-state index contributed by atoms with van der Waals surface area (Å²) in [5, 5.41) is 9.59. The van der Waals surface area contributed by atoms with E-state index < -0.39 is 8.07 Å². The van der Waals surface area contributed by atoms with Gasteiger partial charge in [0, 0.05) is 44.4 Å². The number of rotatable bonds is 8. The molecule has 4 heterocycles. The lowest BCUT2D eigenvalue weighted by Gasteiger charge is -2.34. The SMILES string of the molecule is c1ccc([Si](c2ccccc2)(c2ccccc2)c2ccc(-c3nc(-c4cccc(-c5cncc6oc7ccccc7c56)c4)nc(-n4c5ccccc5c5ccccc54)n3)cc2)cc1. The number of fused-ring (bicyclic) bond motifs is 6. The van der Waals surface area contributed by atoms with Crippen molar-refractivity contribution in [2.45, 2.75) is 0 Å². The molecule has 63 heavy (non-hydrogen) atoms. The van der Waals surface area contributed by atoms with Crippen LogP contribution in [0.3, 0.4) is 0 Å². The van der Waals surface area contributed by atoms with Crippen LogP contribution in [0.15, 0.2) is 229 Å². The highest BCUT2D eigenvalue weighted by Crippen LogP contribution is 2.37. The molecule has 0 aliphatic rings. The molecular formula is C56H37N5OSi. The Labute approximate surface area is 364 Å². The molecule has 0 saturated carbocycles. The van der Waals surface area contributed by atoms with Crippen LogP contribution in [0, 0.1) is 0 Å². The van der Waals surface area contributed by atoms with E-state index >= 15 is 0 Å². The van der Waals surface area contributed by atoms with Gasteiger partial charge >= 0.3 is 0 Å². The number of nitrogens with zero attached hydrogens (tertiary/aromatic N) is 5. The molecule has 0 N–H and O–H groups in total. The molecule has 0 unspecified atom stereocenters. The normalized spacial score (nSPS) is 11.8. The van der Waals surface area contributed by atoms with Gasteiger partial charge in [-0.15, -0.1) is 0 Å². The van der Waals surface area contributed by atoms with Gasteiger partial charge in [-0.3, -0.25) is 9.55 Å². The average Bonchev–Trinajstić information content (AvgIpc) is 3.92. The molecule has 0 fully saturated rings. The summed E-state index contributed by atoms with van der Waals surface area (Å²) >= 11 is 0. The van der Waals surface area contributed by atoms with Crippen LogP contribution in [0.1, 0.15) is 0 Å². The zero-order valence-corrected chi connectivity index (χ0v) is 35.0. The highest BCUT2D eigenvalue weighted by molar-refractivity contribution is 7.19. The fraction of sp³-hybridized carbons (Fsp3) is 0. The fourth-order valence-corrected chi connectivity index (χ4v) is 14.3. The first kappa shape index (κ1) is 36.6. The number of aromatic nitrogens is 5. The van der Waals surface area contributed by atoms with Gasteiger partial charge in [-0.1, -0.05) is 188 Å². The first-order valence-electron chi connectivity index (χ1n) is 21.1. The van der Waals surface area contributed by atoms with E-state index in [0.29, 0.717) is 17.6 Å².